The van der Waals surface area contributed by atoms with Crippen LogP contribution in [0.2, 0.25) is 5.02 Å². The van der Waals surface area contributed by atoms with Crippen LogP contribution < -0.4 is 10.9 Å². The molecule has 1 unspecified atom stereocenters. The van der Waals surface area contributed by atoms with Crippen molar-refractivity contribution in [1.82, 2.24) is 14.9 Å². The molecule has 1 N–H and O–H groups in total. The fourth-order valence-electron chi connectivity index (χ4n) is 2.92. The van der Waals surface area contributed by atoms with Crippen molar-refractivity contribution in [2.24, 2.45) is 0 Å². The van der Waals surface area contributed by atoms with Crippen molar-refractivity contribution in [2.75, 3.05) is 6.54 Å². The van der Waals surface area contributed by atoms with E-state index >= 15 is 0 Å². The van der Waals surface area contributed by atoms with Crippen LogP contribution in [0.4, 0.5) is 4.39 Å². The molecule has 0 aliphatic rings. The summed E-state index contributed by atoms with van der Waals surface area (Å²) in [5, 5.41) is 3.83. The molecule has 3 rings (SSSR count). The molecule has 0 radical (unpaired) electrons. The monoisotopic (exact) mass is 359 g/mol. The number of fused-ring (bicyclic) bond motifs is 1. The van der Waals surface area contributed by atoms with Crippen molar-refractivity contribution in [3.63, 3.8) is 0 Å². The summed E-state index contributed by atoms with van der Waals surface area (Å²) in [5.41, 5.74) is 0.948. The molecule has 4 nitrogen and oxygen atoms in total. The van der Waals surface area contributed by atoms with Gasteiger partial charge < -0.3 is 5.32 Å². The van der Waals surface area contributed by atoms with E-state index in [0.717, 1.165) is 13.0 Å². The zero-order valence-electron chi connectivity index (χ0n) is 14.1. The second kappa shape index (κ2) is 7.33. The Balaban J connectivity index is 2.35. The number of halogens is 2. The van der Waals surface area contributed by atoms with Crippen LogP contribution >= 0.6 is 11.6 Å². The molecular formula is C19H19ClFN3O. The molecular weight excluding hydrogens is 341 g/mol. The van der Waals surface area contributed by atoms with Gasteiger partial charge in [-0.3, -0.25) is 9.36 Å². The van der Waals surface area contributed by atoms with Gasteiger partial charge in [-0.2, -0.15) is 0 Å². The van der Waals surface area contributed by atoms with Gasteiger partial charge in [-0.25, -0.2) is 9.37 Å². The highest BCUT2D eigenvalue weighted by Crippen LogP contribution is 2.23. The molecule has 1 aromatic heterocycles. The fraction of sp³-hybridized carbons (Fsp3) is 0.263. The first-order valence-corrected chi connectivity index (χ1v) is 8.65. The minimum Gasteiger partial charge on any atom is -0.308 e. The van der Waals surface area contributed by atoms with Crippen molar-refractivity contribution in [3.8, 4) is 5.69 Å². The van der Waals surface area contributed by atoms with Crippen molar-refractivity contribution >= 4 is 22.5 Å². The molecule has 0 aliphatic heterocycles. The molecule has 0 amide bonds. The Kier molecular flexibility index (Phi) is 5.16. The predicted octanol–water partition coefficient (Wildman–Crippen LogP) is 4.24. The van der Waals surface area contributed by atoms with Gasteiger partial charge in [0.15, 0.2) is 0 Å². The number of benzene rings is 2. The third kappa shape index (κ3) is 3.30. The first-order valence-electron chi connectivity index (χ1n) is 8.27. The lowest BCUT2D eigenvalue weighted by molar-refractivity contribution is 0.498. The topological polar surface area (TPSA) is 46.9 Å². The summed E-state index contributed by atoms with van der Waals surface area (Å²) in [7, 11) is 0. The maximum Gasteiger partial charge on any atom is 0.266 e. The van der Waals surface area contributed by atoms with Crippen molar-refractivity contribution in [1.29, 1.82) is 0 Å². The summed E-state index contributed by atoms with van der Waals surface area (Å²) in [5.74, 6) is 0.0724. The Morgan fingerprint density at radius 3 is 2.68 bits per heavy atom. The summed E-state index contributed by atoms with van der Waals surface area (Å²) >= 11 is 5.93. The number of hydrogen-bond donors (Lipinski definition) is 1. The minimum atomic E-state index is -0.521. The molecule has 0 saturated heterocycles. The quantitative estimate of drug-likeness (QED) is 0.741. The lowest BCUT2D eigenvalue weighted by atomic mass is 10.1. The molecule has 25 heavy (non-hydrogen) atoms. The summed E-state index contributed by atoms with van der Waals surface area (Å²) in [6.45, 7) is 4.77. The lowest BCUT2D eigenvalue weighted by Crippen LogP contribution is -2.31. The van der Waals surface area contributed by atoms with Gasteiger partial charge in [-0.15, -0.1) is 0 Å². The summed E-state index contributed by atoms with van der Waals surface area (Å²) in [6.07, 6.45) is 0.757. The zero-order valence-corrected chi connectivity index (χ0v) is 14.8. The van der Waals surface area contributed by atoms with Gasteiger partial charge in [0.1, 0.15) is 11.6 Å². The maximum absolute atomic E-state index is 13.6. The number of nitrogens with zero attached hydrogens (tertiary/aromatic N) is 2. The average Bonchev–Trinajstić information content (AvgIpc) is 2.62. The largest absolute Gasteiger partial charge is 0.308 e. The number of para-hydroxylation sites is 1. The molecule has 0 fully saturated rings. The molecule has 0 bridgehead atoms. The van der Waals surface area contributed by atoms with Gasteiger partial charge in [0, 0.05) is 0 Å². The molecule has 0 spiro atoms. The standard InChI is InChI=1S/C19H19ClFN3O/c1-3-16(22-4-2)18-23-17-8-6-5-7-13(17)19(25)24(18)12-9-10-15(21)14(20)11-12/h5-11,16,22H,3-4H2,1-2H3. The summed E-state index contributed by atoms with van der Waals surface area (Å²) in [4.78, 5) is 17.8. The first kappa shape index (κ1) is 17.6. The lowest BCUT2D eigenvalue weighted by Gasteiger charge is -2.21. The van der Waals surface area contributed by atoms with E-state index in [0.29, 0.717) is 22.4 Å². The van der Waals surface area contributed by atoms with Crippen LogP contribution in [-0.2, 0) is 0 Å². The van der Waals surface area contributed by atoms with E-state index in [9.17, 15) is 9.18 Å². The van der Waals surface area contributed by atoms with Crippen LogP contribution in [0.5, 0.6) is 0 Å². The molecule has 0 aliphatic carbocycles. The smallest absolute Gasteiger partial charge is 0.266 e. The van der Waals surface area contributed by atoms with Crippen LogP contribution in [-0.4, -0.2) is 16.1 Å². The molecule has 130 valence electrons. The molecule has 3 aromatic rings. The van der Waals surface area contributed by atoms with Gasteiger partial charge >= 0.3 is 0 Å². The number of rotatable bonds is 5. The van der Waals surface area contributed by atoms with E-state index in [-0.39, 0.29) is 16.6 Å². The van der Waals surface area contributed by atoms with E-state index in [1.807, 2.05) is 26.0 Å². The maximum atomic E-state index is 13.6. The highest BCUT2D eigenvalue weighted by atomic mass is 35.5. The van der Waals surface area contributed by atoms with E-state index in [1.54, 1.807) is 18.2 Å². The average molecular weight is 360 g/mol. The minimum absolute atomic E-state index is 0.0278. The van der Waals surface area contributed by atoms with Crippen molar-refractivity contribution in [3.05, 3.63) is 69.5 Å². The van der Waals surface area contributed by atoms with Gasteiger partial charge in [0.05, 0.1) is 27.7 Å². The van der Waals surface area contributed by atoms with Crippen LogP contribution in [0.3, 0.4) is 0 Å². The van der Waals surface area contributed by atoms with E-state index in [1.165, 1.54) is 16.7 Å². The Morgan fingerprint density at radius 2 is 2.00 bits per heavy atom. The molecule has 2 aromatic carbocycles. The van der Waals surface area contributed by atoms with Crippen molar-refractivity contribution in [2.45, 2.75) is 26.3 Å². The van der Waals surface area contributed by atoms with Crippen LogP contribution in [0.1, 0.15) is 32.1 Å². The third-order valence-corrected chi connectivity index (χ3v) is 4.42. The third-order valence-electron chi connectivity index (χ3n) is 4.13. The second-order valence-corrected chi connectivity index (χ2v) is 6.15. The van der Waals surface area contributed by atoms with E-state index < -0.39 is 5.82 Å². The molecule has 1 atom stereocenters. The van der Waals surface area contributed by atoms with Crippen LogP contribution in [0, 0.1) is 5.82 Å². The first-order chi connectivity index (χ1) is 12.1. The second-order valence-electron chi connectivity index (χ2n) is 5.74. The Morgan fingerprint density at radius 1 is 1.24 bits per heavy atom. The van der Waals surface area contributed by atoms with E-state index in [4.69, 9.17) is 16.6 Å². The highest BCUT2D eigenvalue weighted by molar-refractivity contribution is 6.30. The Labute approximate surface area is 150 Å². The zero-order chi connectivity index (χ0) is 18.0. The van der Waals surface area contributed by atoms with E-state index in [2.05, 4.69) is 5.32 Å². The molecule has 1 heterocycles. The van der Waals surface area contributed by atoms with Crippen LogP contribution in [0.15, 0.2) is 47.3 Å². The normalized spacial score (nSPS) is 12.5. The van der Waals surface area contributed by atoms with Crippen LogP contribution in [0.25, 0.3) is 16.6 Å². The van der Waals surface area contributed by atoms with Gasteiger partial charge in [-0.05, 0) is 43.3 Å². The Bertz CT molecular complexity index is 971. The van der Waals surface area contributed by atoms with Crippen molar-refractivity contribution < 1.29 is 4.39 Å². The summed E-state index contributed by atoms with van der Waals surface area (Å²) in [6, 6.07) is 11.4. The molecule has 6 heteroatoms. The number of hydrogen-bond acceptors (Lipinski definition) is 3. The van der Waals surface area contributed by atoms with Gasteiger partial charge in [0.2, 0.25) is 0 Å². The highest BCUT2D eigenvalue weighted by Gasteiger charge is 2.19. The van der Waals surface area contributed by atoms with Gasteiger partial charge in [0.25, 0.3) is 5.56 Å². The number of nitrogens with one attached hydrogen (secondary N) is 1. The SMILES string of the molecule is CCNC(CC)c1nc2ccccc2c(=O)n1-c1ccc(F)c(Cl)c1. The predicted molar refractivity (Wildman–Crippen MR) is 99.0 cm³/mol. The molecule has 0 saturated carbocycles. The fourth-order valence-corrected chi connectivity index (χ4v) is 3.10. The number of aromatic nitrogens is 2. The Hall–Kier alpha value is -2.24. The van der Waals surface area contributed by atoms with Gasteiger partial charge in [-0.1, -0.05) is 37.6 Å². The summed E-state index contributed by atoms with van der Waals surface area (Å²) < 4.78 is 15.1.